The van der Waals surface area contributed by atoms with Gasteiger partial charge in [-0.25, -0.2) is 0 Å². The van der Waals surface area contributed by atoms with Crippen molar-refractivity contribution in [3.8, 4) is 29.3 Å². The number of thiophene rings is 4. The third-order valence-electron chi connectivity index (χ3n) is 14.2. The average Bonchev–Trinajstić information content (AvgIpc) is 4.13. The van der Waals surface area contributed by atoms with Crippen LogP contribution in [0, 0.1) is 23.2 Å². The monoisotopic (exact) mass is 948 g/mol. The molecule has 350 valence electrons. The molecule has 0 aliphatic carbocycles. The van der Waals surface area contributed by atoms with E-state index in [1.54, 1.807) is 11.3 Å². The van der Waals surface area contributed by atoms with Gasteiger partial charge in [0.2, 0.25) is 0 Å². The minimum Gasteiger partial charge on any atom is -0.311 e. The van der Waals surface area contributed by atoms with E-state index in [1.165, 1.54) is 85.5 Å². The van der Waals surface area contributed by atoms with E-state index < -0.39 is 0 Å². The summed E-state index contributed by atoms with van der Waals surface area (Å²) in [5.41, 5.74) is 3.69. The van der Waals surface area contributed by atoms with Crippen molar-refractivity contribution >= 4 is 68.6 Å². The van der Waals surface area contributed by atoms with Gasteiger partial charge in [0.25, 0.3) is 11.8 Å². The first-order chi connectivity index (χ1) is 31.1. The number of carbonyl (C=O) groups is 2. The van der Waals surface area contributed by atoms with Crippen molar-refractivity contribution in [2.24, 2.45) is 23.2 Å². The quantitative estimate of drug-likeness (QED) is 0.0578. The Labute approximate surface area is 407 Å². The molecular weight excluding hydrogens is 873 g/mol. The zero-order chi connectivity index (χ0) is 46.6. The van der Waals surface area contributed by atoms with Crippen LogP contribution in [0.1, 0.15) is 190 Å². The molecule has 0 fully saturated rings. The van der Waals surface area contributed by atoms with E-state index in [-0.39, 0.29) is 22.6 Å². The number of rotatable bonds is 24. The third-order valence-corrected chi connectivity index (χ3v) is 19.5. The van der Waals surface area contributed by atoms with Crippen LogP contribution in [0.25, 0.3) is 40.7 Å². The molecule has 2 amide bonds. The Balaban J connectivity index is 1.22. The molecule has 2 atom stereocenters. The summed E-state index contributed by atoms with van der Waals surface area (Å²) in [6.45, 7) is 26.7. The maximum atomic E-state index is 14.7. The highest BCUT2D eigenvalue weighted by molar-refractivity contribution is 7.28. The van der Waals surface area contributed by atoms with Crippen LogP contribution in [0.3, 0.4) is 0 Å². The minimum absolute atomic E-state index is 0.0628. The largest absolute Gasteiger partial charge is 0.311 e. The van der Waals surface area contributed by atoms with Gasteiger partial charge in [0.05, 0.1) is 10.6 Å². The van der Waals surface area contributed by atoms with Gasteiger partial charge >= 0.3 is 0 Å². The zero-order valence-electron chi connectivity index (χ0n) is 41.5. The van der Waals surface area contributed by atoms with Crippen molar-refractivity contribution in [2.75, 3.05) is 13.1 Å². The zero-order valence-corrected chi connectivity index (χ0v) is 44.7. The Hall–Kier alpha value is -3.30. The Morgan fingerprint density at radius 1 is 0.492 bits per heavy atom. The van der Waals surface area contributed by atoms with Gasteiger partial charge in [-0.15, -0.1) is 45.3 Å². The fraction of sp³-hybridized carbons (Fsp3) is 0.544. The van der Waals surface area contributed by atoms with Gasteiger partial charge < -0.3 is 9.80 Å². The lowest BCUT2D eigenvalue weighted by Crippen LogP contribution is -2.35. The Kier molecular flexibility index (Phi) is 16.3. The van der Waals surface area contributed by atoms with Gasteiger partial charge in [0.15, 0.2) is 0 Å². The van der Waals surface area contributed by atoms with Gasteiger partial charge in [0, 0.05) is 85.3 Å². The SMILES string of the molecule is CCCCCCC(C)(CC)C1=c2cc3c(cc2C(=O)N1CCC(C)C)=C(c1ccc(-c2ccc(-c4ccc(-c5ccc(C(C)(CCC)CCCC(C)C)s5)s4)s2)s1)N(CCC(C)C)C3=O. The van der Waals surface area contributed by atoms with Crippen molar-refractivity contribution in [1.82, 2.24) is 9.80 Å². The Morgan fingerprint density at radius 3 is 1.52 bits per heavy atom. The summed E-state index contributed by atoms with van der Waals surface area (Å²) in [4.78, 5) is 43.9. The first kappa shape index (κ1) is 49.6. The predicted octanol–water partition coefficient (Wildman–Crippen LogP) is 16.5. The highest BCUT2D eigenvalue weighted by atomic mass is 32.1. The molecule has 6 heterocycles. The number of hydrogen-bond donors (Lipinski definition) is 0. The number of amides is 2. The van der Waals surface area contributed by atoms with Gasteiger partial charge in [-0.05, 0) is 117 Å². The summed E-state index contributed by atoms with van der Waals surface area (Å²) in [7, 11) is 0. The Morgan fingerprint density at radius 2 is 0.969 bits per heavy atom. The molecule has 5 aromatic rings. The van der Waals surface area contributed by atoms with E-state index in [4.69, 9.17) is 0 Å². The Bertz CT molecular complexity index is 2560. The molecule has 4 nitrogen and oxygen atoms in total. The predicted molar refractivity (Wildman–Crippen MR) is 285 cm³/mol. The van der Waals surface area contributed by atoms with Crippen LogP contribution in [0.2, 0.25) is 0 Å². The van der Waals surface area contributed by atoms with Gasteiger partial charge in [0.1, 0.15) is 0 Å². The number of unbranched alkanes of at least 4 members (excludes halogenated alkanes) is 3. The molecular formula is C57H76N2O2S4. The molecule has 0 spiro atoms. The lowest BCUT2D eigenvalue weighted by Gasteiger charge is -2.36. The number of carbonyl (C=O) groups excluding carboxylic acids is 2. The van der Waals surface area contributed by atoms with Gasteiger partial charge in [-0.1, -0.05) is 121 Å². The molecule has 1 aromatic carbocycles. The molecule has 0 radical (unpaired) electrons. The third kappa shape index (κ3) is 10.7. The molecule has 0 bridgehead atoms. The fourth-order valence-electron chi connectivity index (χ4n) is 10.1. The summed E-state index contributed by atoms with van der Waals surface area (Å²) in [5.74, 6) is 1.85. The summed E-state index contributed by atoms with van der Waals surface area (Å²) >= 11 is 7.51. The highest BCUT2D eigenvalue weighted by Crippen LogP contribution is 2.47. The first-order valence-electron chi connectivity index (χ1n) is 25.1. The van der Waals surface area contributed by atoms with E-state index in [1.807, 2.05) is 38.9 Å². The van der Waals surface area contributed by atoms with Crippen LogP contribution in [0.4, 0.5) is 0 Å². The van der Waals surface area contributed by atoms with Crippen molar-refractivity contribution in [2.45, 2.75) is 165 Å². The van der Waals surface area contributed by atoms with Crippen LogP contribution in [-0.2, 0) is 5.41 Å². The molecule has 2 unspecified atom stereocenters. The van der Waals surface area contributed by atoms with Gasteiger partial charge in [-0.3, -0.25) is 9.59 Å². The summed E-state index contributed by atoms with van der Waals surface area (Å²) in [6.07, 6.45) is 14.9. The molecule has 0 saturated heterocycles. The van der Waals surface area contributed by atoms with Crippen molar-refractivity contribution in [3.63, 3.8) is 0 Å². The van der Waals surface area contributed by atoms with Crippen LogP contribution in [0.15, 0.2) is 60.7 Å². The summed E-state index contributed by atoms with van der Waals surface area (Å²) in [5, 5.41) is 1.89. The number of hydrogen-bond acceptors (Lipinski definition) is 6. The molecule has 7 rings (SSSR count). The normalized spacial score (nSPS) is 15.9. The maximum absolute atomic E-state index is 14.7. The molecule has 8 heteroatoms. The lowest BCUT2D eigenvalue weighted by molar-refractivity contribution is 0.0816. The molecule has 0 saturated carbocycles. The maximum Gasteiger partial charge on any atom is 0.259 e. The minimum atomic E-state index is -0.158. The molecule has 2 aliphatic heterocycles. The second-order valence-electron chi connectivity index (χ2n) is 20.9. The van der Waals surface area contributed by atoms with Crippen molar-refractivity contribution < 1.29 is 9.59 Å². The molecule has 4 aromatic heterocycles. The molecule has 2 aliphatic rings. The standard InChI is InChI=1S/C57H76N2O2S4/c1-12-15-16-17-31-56(10,14-3)53-41-36-42-40(35-43(41)55(61)59(53)34-29-39(8)9)52(58(54(42)60)33-28-38(6)7)50-25-24-47(64-50)46-21-20-44(62-46)45-22-23-48(63-45)49-26-27-51(65-49)57(11,30-13-2)32-18-19-37(4)5/h20-27,35-39H,12-19,28-34H2,1-11H3. The summed E-state index contributed by atoms with van der Waals surface area (Å²) < 4.78 is 0. The number of nitrogens with zero attached hydrogens (tertiary/aromatic N) is 2. The van der Waals surface area contributed by atoms with E-state index in [2.05, 4.69) is 142 Å². The number of benzene rings is 1. The smallest absolute Gasteiger partial charge is 0.259 e. The lowest BCUT2D eigenvalue weighted by atomic mass is 9.77. The van der Waals surface area contributed by atoms with Gasteiger partial charge in [-0.2, -0.15) is 0 Å². The van der Waals surface area contributed by atoms with Crippen LogP contribution in [-0.4, -0.2) is 34.7 Å². The highest BCUT2D eigenvalue weighted by Gasteiger charge is 2.41. The first-order valence-corrected chi connectivity index (χ1v) is 28.4. The van der Waals surface area contributed by atoms with E-state index in [0.29, 0.717) is 24.9 Å². The second-order valence-corrected chi connectivity index (χ2v) is 25.2. The second kappa shape index (κ2) is 21.3. The van der Waals surface area contributed by atoms with Crippen LogP contribution < -0.4 is 10.4 Å². The van der Waals surface area contributed by atoms with Crippen LogP contribution in [0.5, 0.6) is 0 Å². The molecule has 0 N–H and O–H groups in total. The number of fused-ring (bicyclic) bond motifs is 2. The van der Waals surface area contributed by atoms with Crippen molar-refractivity contribution in [1.29, 1.82) is 0 Å². The molecule has 65 heavy (non-hydrogen) atoms. The topological polar surface area (TPSA) is 40.6 Å². The average molecular weight is 950 g/mol. The van der Waals surface area contributed by atoms with Crippen LogP contribution >= 0.6 is 45.3 Å². The fourth-order valence-corrected chi connectivity index (χ4v) is 14.6. The van der Waals surface area contributed by atoms with E-state index in [0.717, 1.165) is 75.9 Å². The van der Waals surface area contributed by atoms with E-state index in [9.17, 15) is 9.59 Å². The van der Waals surface area contributed by atoms with E-state index >= 15 is 0 Å². The van der Waals surface area contributed by atoms with Crippen molar-refractivity contribution in [3.05, 3.63) is 92.0 Å². The summed E-state index contributed by atoms with van der Waals surface area (Å²) in [6, 6.07) is 22.6.